The van der Waals surface area contributed by atoms with Gasteiger partial charge in [-0.05, 0) is 24.3 Å². The maximum Gasteiger partial charge on any atom is 0.345 e. The molecule has 8 heteroatoms. The topological polar surface area (TPSA) is 75.2 Å². The molecule has 1 aromatic heterocycles. The molecule has 1 heterocycles. The number of aliphatic hydroxyl groups excluding tert-OH is 1. The van der Waals surface area contributed by atoms with Crippen LogP contribution in [0.2, 0.25) is 5.02 Å². The number of halogens is 3. The number of aromatic nitrogens is 2. The Labute approximate surface area is 145 Å². The molecule has 3 aromatic rings. The molecular formula is C17H11ClF2N2O3. The number of esters is 1. The second-order valence-electron chi connectivity index (χ2n) is 5.06. The first-order chi connectivity index (χ1) is 11.9. The Morgan fingerprint density at radius 3 is 2.60 bits per heavy atom. The van der Waals surface area contributed by atoms with Crippen molar-refractivity contribution in [1.82, 2.24) is 9.97 Å². The number of H-pyrrole nitrogens is 1. The van der Waals surface area contributed by atoms with E-state index in [1.165, 1.54) is 0 Å². The van der Waals surface area contributed by atoms with Crippen LogP contribution in [0.4, 0.5) is 8.78 Å². The van der Waals surface area contributed by atoms with Gasteiger partial charge in [-0.25, -0.2) is 18.6 Å². The molecule has 2 N–H and O–H groups in total. The first-order valence-electron chi connectivity index (χ1n) is 7.04. The van der Waals surface area contributed by atoms with Crippen molar-refractivity contribution >= 4 is 39.9 Å². The predicted molar refractivity (Wildman–Crippen MR) is 88.9 cm³/mol. The van der Waals surface area contributed by atoms with Gasteiger partial charge >= 0.3 is 5.97 Å². The van der Waals surface area contributed by atoms with Crippen LogP contribution in [-0.4, -0.2) is 28.2 Å². The van der Waals surface area contributed by atoms with Crippen molar-refractivity contribution in [2.75, 3.05) is 7.11 Å². The number of nitrogens with zero attached hydrogens (tertiary/aromatic N) is 1. The fourth-order valence-corrected chi connectivity index (χ4v) is 2.56. The highest BCUT2D eigenvalue weighted by atomic mass is 35.5. The molecule has 0 atom stereocenters. The van der Waals surface area contributed by atoms with Gasteiger partial charge in [-0.2, -0.15) is 0 Å². The Hall–Kier alpha value is -2.93. The maximum atomic E-state index is 13.5. The van der Waals surface area contributed by atoms with E-state index >= 15 is 0 Å². The summed E-state index contributed by atoms with van der Waals surface area (Å²) in [5.74, 6) is -4.00. The molecule has 5 nitrogen and oxygen atoms in total. The van der Waals surface area contributed by atoms with Crippen molar-refractivity contribution in [3.05, 3.63) is 64.4 Å². The molecule has 3 rings (SSSR count). The van der Waals surface area contributed by atoms with E-state index in [1.807, 2.05) is 0 Å². The van der Waals surface area contributed by atoms with Gasteiger partial charge in [0.1, 0.15) is 17.2 Å². The number of carbonyl (C=O) groups is 1. The average Bonchev–Trinajstić information content (AvgIpc) is 3.01. The number of benzene rings is 2. The lowest BCUT2D eigenvalue weighted by atomic mass is 10.1. The first kappa shape index (κ1) is 16.9. The Morgan fingerprint density at radius 2 is 1.92 bits per heavy atom. The van der Waals surface area contributed by atoms with E-state index in [4.69, 9.17) is 11.6 Å². The van der Waals surface area contributed by atoms with Gasteiger partial charge < -0.3 is 14.8 Å². The van der Waals surface area contributed by atoms with Gasteiger partial charge in [0, 0.05) is 5.56 Å². The standard InChI is InChI=1S/C17H11ClF2N2O3/c1-25-17(24)14(16-21-12-4-2-3-5-13(12)22-16)15(23)8-6-10(19)11(20)7-9(8)18/h2-7,23H,1H3,(H,21,22)/b15-14-. The van der Waals surface area contributed by atoms with Crippen molar-refractivity contribution in [3.8, 4) is 0 Å². The minimum Gasteiger partial charge on any atom is -0.506 e. The summed E-state index contributed by atoms with van der Waals surface area (Å²) in [6.45, 7) is 0. The molecule has 128 valence electrons. The van der Waals surface area contributed by atoms with Crippen LogP contribution < -0.4 is 0 Å². The van der Waals surface area contributed by atoms with Gasteiger partial charge in [-0.1, -0.05) is 23.7 Å². The van der Waals surface area contributed by atoms with Crippen molar-refractivity contribution in [1.29, 1.82) is 0 Å². The summed E-state index contributed by atoms with van der Waals surface area (Å²) in [5.41, 5.74) is 0.541. The van der Waals surface area contributed by atoms with E-state index < -0.39 is 23.4 Å². The van der Waals surface area contributed by atoms with E-state index in [9.17, 15) is 18.7 Å². The summed E-state index contributed by atoms with van der Waals surface area (Å²) in [6.07, 6.45) is 0. The Morgan fingerprint density at radius 1 is 1.24 bits per heavy atom. The third kappa shape index (κ3) is 3.06. The minimum absolute atomic E-state index is 0.00588. The average molecular weight is 365 g/mol. The molecule has 0 unspecified atom stereocenters. The summed E-state index contributed by atoms with van der Waals surface area (Å²) in [5, 5.41) is 10.2. The molecular weight excluding hydrogens is 354 g/mol. The number of imidazole rings is 1. The van der Waals surface area contributed by atoms with Crippen LogP contribution in [0.5, 0.6) is 0 Å². The van der Waals surface area contributed by atoms with E-state index in [1.54, 1.807) is 24.3 Å². The van der Waals surface area contributed by atoms with Crippen LogP contribution in [0.15, 0.2) is 36.4 Å². The maximum absolute atomic E-state index is 13.5. The Balaban J connectivity index is 2.26. The quantitative estimate of drug-likeness (QED) is 0.317. The third-order valence-corrected chi connectivity index (χ3v) is 3.83. The molecule has 2 aromatic carbocycles. The van der Waals surface area contributed by atoms with Crippen molar-refractivity contribution in [2.24, 2.45) is 0 Å². The van der Waals surface area contributed by atoms with Gasteiger partial charge in [-0.15, -0.1) is 0 Å². The summed E-state index contributed by atoms with van der Waals surface area (Å²) < 4.78 is 31.4. The number of aliphatic hydroxyl groups is 1. The monoisotopic (exact) mass is 364 g/mol. The number of hydrogen-bond donors (Lipinski definition) is 2. The van der Waals surface area contributed by atoms with Gasteiger partial charge in [0.05, 0.1) is 23.2 Å². The molecule has 0 saturated carbocycles. The number of aromatic amines is 1. The van der Waals surface area contributed by atoms with E-state index in [-0.39, 0.29) is 22.0 Å². The fraction of sp³-hybridized carbons (Fsp3) is 0.0588. The normalized spacial score (nSPS) is 12.2. The number of nitrogens with one attached hydrogen (secondary N) is 1. The molecule has 0 aliphatic heterocycles. The van der Waals surface area contributed by atoms with E-state index in [0.29, 0.717) is 23.2 Å². The molecule has 0 amide bonds. The van der Waals surface area contributed by atoms with Crippen LogP contribution in [0.1, 0.15) is 11.4 Å². The van der Waals surface area contributed by atoms with Crippen molar-refractivity contribution in [2.45, 2.75) is 0 Å². The van der Waals surface area contributed by atoms with Crippen LogP contribution in [0, 0.1) is 11.6 Å². The summed E-state index contributed by atoms with van der Waals surface area (Å²) in [6, 6.07) is 8.33. The van der Waals surface area contributed by atoms with Gasteiger partial charge in [0.15, 0.2) is 11.6 Å². The summed E-state index contributed by atoms with van der Waals surface area (Å²) in [4.78, 5) is 19.2. The van der Waals surface area contributed by atoms with Crippen LogP contribution >= 0.6 is 11.6 Å². The lowest BCUT2D eigenvalue weighted by Gasteiger charge is -2.09. The zero-order valence-electron chi connectivity index (χ0n) is 12.8. The number of carbonyl (C=O) groups excluding carboxylic acids is 1. The molecule has 0 saturated heterocycles. The molecule has 0 aliphatic carbocycles. The Bertz CT molecular complexity index is 981. The highest BCUT2D eigenvalue weighted by Crippen LogP contribution is 2.31. The Kier molecular flexibility index (Phi) is 4.41. The molecule has 0 bridgehead atoms. The SMILES string of the molecule is COC(=O)/C(=C(\O)c1cc(F)c(F)cc1Cl)c1nc2ccccc2[nH]1. The number of rotatable bonds is 3. The van der Waals surface area contributed by atoms with Gasteiger partial charge in [0.2, 0.25) is 0 Å². The van der Waals surface area contributed by atoms with Gasteiger partial charge in [-0.3, -0.25) is 0 Å². The molecule has 0 radical (unpaired) electrons. The fourth-order valence-electron chi connectivity index (χ4n) is 2.32. The summed E-state index contributed by atoms with van der Waals surface area (Å²) in [7, 11) is 1.12. The smallest absolute Gasteiger partial charge is 0.345 e. The van der Waals surface area contributed by atoms with E-state index in [2.05, 4.69) is 14.7 Å². The first-order valence-corrected chi connectivity index (χ1v) is 7.41. The lowest BCUT2D eigenvalue weighted by Crippen LogP contribution is -2.09. The van der Waals surface area contributed by atoms with Crippen molar-refractivity contribution < 1.29 is 23.4 Å². The molecule has 0 fully saturated rings. The largest absolute Gasteiger partial charge is 0.506 e. The van der Waals surface area contributed by atoms with Crippen LogP contribution in [-0.2, 0) is 9.53 Å². The number of para-hydroxylation sites is 2. The van der Waals surface area contributed by atoms with Gasteiger partial charge in [0.25, 0.3) is 0 Å². The highest BCUT2D eigenvalue weighted by molar-refractivity contribution is 6.33. The highest BCUT2D eigenvalue weighted by Gasteiger charge is 2.25. The minimum atomic E-state index is -1.22. The predicted octanol–water partition coefficient (Wildman–Crippen LogP) is 4.09. The number of ether oxygens (including phenoxy) is 1. The van der Waals surface area contributed by atoms with Crippen LogP contribution in [0.25, 0.3) is 22.4 Å². The van der Waals surface area contributed by atoms with E-state index in [0.717, 1.165) is 7.11 Å². The zero-order chi connectivity index (χ0) is 18.1. The second kappa shape index (κ2) is 6.52. The second-order valence-corrected chi connectivity index (χ2v) is 5.47. The third-order valence-electron chi connectivity index (χ3n) is 3.52. The molecule has 0 aliphatic rings. The lowest BCUT2D eigenvalue weighted by molar-refractivity contribution is -0.133. The van der Waals surface area contributed by atoms with Crippen molar-refractivity contribution in [3.63, 3.8) is 0 Å². The summed E-state index contributed by atoms with van der Waals surface area (Å²) >= 11 is 5.87. The zero-order valence-corrected chi connectivity index (χ0v) is 13.6. The molecule has 25 heavy (non-hydrogen) atoms. The number of methoxy groups -OCH3 is 1. The van der Waals surface area contributed by atoms with Crippen LogP contribution in [0.3, 0.4) is 0 Å². The number of hydrogen-bond acceptors (Lipinski definition) is 4. The molecule has 0 spiro atoms. The number of fused-ring (bicyclic) bond motifs is 1.